The number of hydrogen-bond donors (Lipinski definition) is 2. The predicted molar refractivity (Wildman–Crippen MR) is 93.6 cm³/mol. The molecule has 134 valence electrons. The Morgan fingerprint density at radius 3 is 2.52 bits per heavy atom. The number of carbonyl (C=O) groups is 3. The highest BCUT2D eigenvalue weighted by Gasteiger charge is 2.30. The minimum atomic E-state index is -0.554. The van der Waals surface area contributed by atoms with E-state index in [1.165, 1.54) is 0 Å². The summed E-state index contributed by atoms with van der Waals surface area (Å²) in [7, 11) is 0. The van der Waals surface area contributed by atoms with Gasteiger partial charge in [-0.1, -0.05) is 28.1 Å². The van der Waals surface area contributed by atoms with Gasteiger partial charge in [-0.25, -0.2) is 9.59 Å². The van der Waals surface area contributed by atoms with E-state index in [9.17, 15) is 14.4 Å². The number of halogens is 1. The van der Waals surface area contributed by atoms with Gasteiger partial charge in [0.1, 0.15) is 6.61 Å². The number of rotatable bonds is 6. The second-order valence-corrected chi connectivity index (χ2v) is 6.31. The summed E-state index contributed by atoms with van der Waals surface area (Å²) in [4.78, 5) is 35.7. The third-order valence-corrected chi connectivity index (χ3v) is 4.03. The van der Waals surface area contributed by atoms with Gasteiger partial charge in [-0.2, -0.15) is 0 Å². The van der Waals surface area contributed by atoms with Gasteiger partial charge in [0.25, 0.3) is 0 Å². The molecule has 8 heteroatoms. The van der Waals surface area contributed by atoms with E-state index in [0.717, 1.165) is 10.0 Å². The van der Waals surface area contributed by atoms with Gasteiger partial charge in [-0.3, -0.25) is 4.79 Å². The van der Waals surface area contributed by atoms with E-state index in [0.29, 0.717) is 0 Å². The number of carbonyl (C=O) groups excluding carboxylic acids is 3. The van der Waals surface area contributed by atoms with Gasteiger partial charge in [-0.15, -0.1) is 0 Å². The van der Waals surface area contributed by atoms with Gasteiger partial charge in [-0.05, 0) is 31.5 Å². The number of ether oxygens (including phenoxy) is 2. The summed E-state index contributed by atoms with van der Waals surface area (Å²) >= 11 is 3.33. The molecule has 0 unspecified atom stereocenters. The number of esters is 2. The smallest absolute Gasteiger partial charge is 0.338 e. The van der Waals surface area contributed by atoms with E-state index >= 15 is 0 Å². The SMILES string of the molecule is CCOC(=O)C1=C(COC(=O)Cc2ccc(Br)cc2)NC(=O)N[C@H]1C. The molecule has 0 saturated carbocycles. The Hall–Kier alpha value is -2.35. The van der Waals surface area contributed by atoms with Gasteiger partial charge in [0, 0.05) is 4.47 Å². The topological polar surface area (TPSA) is 93.7 Å². The first-order valence-corrected chi connectivity index (χ1v) is 8.57. The maximum atomic E-state index is 12.1. The second-order valence-electron chi connectivity index (χ2n) is 5.40. The zero-order valence-electron chi connectivity index (χ0n) is 13.9. The zero-order chi connectivity index (χ0) is 18.4. The van der Waals surface area contributed by atoms with Crippen molar-refractivity contribution in [3.05, 3.63) is 45.6 Å². The number of urea groups is 1. The van der Waals surface area contributed by atoms with Crippen LogP contribution in [0.25, 0.3) is 0 Å². The standard InChI is InChI=1S/C17H19BrN2O5/c1-3-24-16(22)15-10(2)19-17(23)20-13(15)9-25-14(21)8-11-4-6-12(18)7-5-11/h4-7,10H,3,8-9H2,1-2H3,(H2,19,20,23)/t10-/m0/s1. The summed E-state index contributed by atoms with van der Waals surface area (Å²) in [5.74, 6) is -1.01. The van der Waals surface area contributed by atoms with Crippen molar-refractivity contribution >= 4 is 33.9 Å². The molecule has 1 aliphatic rings. The van der Waals surface area contributed by atoms with E-state index in [2.05, 4.69) is 26.6 Å². The van der Waals surface area contributed by atoms with Crippen molar-refractivity contribution in [2.45, 2.75) is 26.3 Å². The molecule has 0 aromatic heterocycles. The highest BCUT2D eigenvalue weighted by Crippen LogP contribution is 2.15. The molecule has 0 bridgehead atoms. The number of benzene rings is 1. The van der Waals surface area contributed by atoms with Crippen LogP contribution in [0.3, 0.4) is 0 Å². The molecule has 25 heavy (non-hydrogen) atoms. The quantitative estimate of drug-likeness (QED) is 0.699. The first kappa shape index (κ1) is 19.0. The maximum absolute atomic E-state index is 12.1. The van der Waals surface area contributed by atoms with Crippen LogP contribution in [0.4, 0.5) is 4.79 Å². The van der Waals surface area contributed by atoms with E-state index in [1.807, 2.05) is 24.3 Å². The lowest BCUT2D eigenvalue weighted by molar-refractivity contribution is -0.143. The monoisotopic (exact) mass is 410 g/mol. The van der Waals surface area contributed by atoms with Crippen molar-refractivity contribution in [2.75, 3.05) is 13.2 Å². The molecule has 2 rings (SSSR count). The van der Waals surface area contributed by atoms with Gasteiger partial charge in [0.05, 0.1) is 30.3 Å². The van der Waals surface area contributed by atoms with E-state index < -0.39 is 24.0 Å². The van der Waals surface area contributed by atoms with Crippen LogP contribution >= 0.6 is 15.9 Å². The molecule has 2 N–H and O–H groups in total. The highest BCUT2D eigenvalue weighted by molar-refractivity contribution is 9.10. The first-order valence-electron chi connectivity index (χ1n) is 7.78. The molecule has 2 amide bonds. The van der Waals surface area contributed by atoms with Crippen molar-refractivity contribution in [3.8, 4) is 0 Å². The minimum absolute atomic E-state index is 0.0943. The predicted octanol–water partition coefficient (Wildman–Crippen LogP) is 2.05. The molecular weight excluding hydrogens is 392 g/mol. The fraction of sp³-hybridized carbons (Fsp3) is 0.353. The van der Waals surface area contributed by atoms with Crippen molar-refractivity contribution in [2.24, 2.45) is 0 Å². The normalized spacial score (nSPS) is 16.8. The second kappa shape index (κ2) is 8.66. The summed E-state index contributed by atoms with van der Waals surface area (Å²) in [6.07, 6.45) is 0.0943. The highest BCUT2D eigenvalue weighted by atomic mass is 79.9. The minimum Gasteiger partial charge on any atom is -0.463 e. The Kier molecular flexibility index (Phi) is 6.58. The average molecular weight is 411 g/mol. The third kappa shape index (κ3) is 5.32. The molecule has 1 aliphatic heterocycles. The average Bonchev–Trinajstić information content (AvgIpc) is 2.54. The van der Waals surface area contributed by atoms with Crippen LogP contribution in [-0.4, -0.2) is 37.2 Å². The van der Waals surface area contributed by atoms with Gasteiger partial charge >= 0.3 is 18.0 Å². The Morgan fingerprint density at radius 1 is 1.20 bits per heavy atom. The molecule has 1 atom stereocenters. The van der Waals surface area contributed by atoms with Crippen LogP contribution in [0.2, 0.25) is 0 Å². The fourth-order valence-electron chi connectivity index (χ4n) is 2.37. The van der Waals surface area contributed by atoms with Crippen LogP contribution < -0.4 is 10.6 Å². The molecule has 0 radical (unpaired) electrons. The lowest BCUT2D eigenvalue weighted by atomic mass is 10.0. The summed E-state index contributed by atoms with van der Waals surface area (Å²) in [5, 5.41) is 5.09. The number of hydrogen-bond acceptors (Lipinski definition) is 5. The molecule has 0 fully saturated rings. The van der Waals surface area contributed by atoms with Crippen LogP contribution in [0.1, 0.15) is 19.4 Å². The van der Waals surface area contributed by atoms with Crippen LogP contribution in [-0.2, 0) is 25.5 Å². The number of nitrogens with one attached hydrogen (secondary N) is 2. The Labute approximate surface area is 153 Å². The lowest BCUT2D eigenvalue weighted by Crippen LogP contribution is -2.50. The largest absolute Gasteiger partial charge is 0.463 e. The van der Waals surface area contributed by atoms with Crippen LogP contribution in [0.15, 0.2) is 40.0 Å². The molecule has 1 aromatic rings. The Balaban J connectivity index is 2.05. The summed E-state index contributed by atoms with van der Waals surface area (Å²) in [6, 6.07) is 6.29. The number of amides is 2. The Morgan fingerprint density at radius 2 is 1.88 bits per heavy atom. The lowest BCUT2D eigenvalue weighted by Gasteiger charge is -2.26. The van der Waals surface area contributed by atoms with Gasteiger partial charge in [0.15, 0.2) is 0 Å². The molecule has 0 aliphatic carbocycles. The molecule has 0 saturated heterocycles. The van der Waals surface area contributed by atoms with Crippen molar-refractivity contribution in [1.82, 2.24) is 10.6 Å². The van der Waals surface area contributed by atoms with Gasteiger partial charge in [0.2, 0.25) is 0 Å². The fourth-order valence-corrected chi connectivity index (χ4v) is 2.63. The van der Waals surface area contributed by atoms with Gasteiger partial charge < -0.3 is 20.1 Å². The van der Waals surface area contributed by atoms with Crippen molar-refractivity contribution in [1.29, 1.82) is 0 Å². The van der Waals surface area contributed by atoms with E-state index in [-0.39, 0.29) is 30.9 Å². The van der Waals surface area contributed by atoms with Crippen LogP contribution in [0, 0.1) is 0 Å². The summed E-state index contributed by atoms with van der Waals surface area (Å²) < 4.78 is 11.1. The molecule has 0 spiro atoms. The van der Waals surface area contributed by atoms with E-state index in [4.69, 9.17) is 9.47 Å². The third-order valence-electron chi connectivity index (χ3n) is 3.50. The Bertz CT molecular complexity index is 699. The summed E-state index contributed by atoms with van der Waals surface area (Å²) in [6.45, 7) is 3.35. The zero-order valence-corrected chi connectivity index (χ0v) is 15.5. The molecule has 1 heterocycles. The summed E-state index contributed by atoms with van der Waals surface area (Å²) in [5.41, 5.74) is 1.28. The molecule has 1 aromatic carbocycles. The van der Waals surface area contributed by atoms with Crippen molar-refractivity contribution < 1.29 is 23.9 Å². The van der Waals surface area contributed by atoms with E-state index in [1.54, 1.807) is 13.8 Å². The van der Waals surface area contributed by atoms with Crippen LogP contribution in [0.5, 0.6) is 0 Å². The molecular formula is C17H19BrN2O5. The maximum Gasteiger partial charge on any atom is 0.338 e. The molecule has 7 nitrogen and oxygen atoms in total. The van der Waals surface area contributed by atoms with Crippen molar-refractivity contribution in [3.63, 3.8) is 0 Å². The first-order chi connectivity index (χ1) is 11.9.